The van der Waals surface area contributed by atoms with Crippen molar-refractivity contribution in [1.29, 1.82) is 0 Å². The molecule has 4 heteroatoms. The Morgan fingerprint density at radius 2 is 1.74 bits per heavy atom. The first kappa shape index (κ1) is 25.2. The number of nitrogens with one attached hydrogen (secondary N) is 1. The van der Waals surface area contributed by atoms with Crippen molar-refractivity contribution in [2.24, 2.45) is 7.05 Å². The summed E-state index contributed by atoms with van der Waals surface area (Å²) in [5, 5.41) is 5.75. The van der Waals surface area contributed by atoms with E-state index in [0.29, 0.717) is 0 Å². The number of anilines is 1. The van der Waals surface area contributed by atoms with E-state index < -0.39 is 0 Å². The van der Waals surface area contributed by atoms with Gasteiger partial charge in [0.25, 0.3) is 0 Å². The SMILES string of the molecule is C/C=C(/Nc1cc2cc(-c3cncn3C)ccc2cn1)c1cccc(CC)c1.CCCCCC. The molecule has 0 aliphatic rings. The summed E-state index contributed by atoms with van der Waals surface area (Å²) in [5.41, 5.74) is 5.80. The van der Waals surface area contributed by atoms with E-state index in [2.05, 4.69) is 90.7 Å². The van der Waals surface area contributed by atoms with Crippen LogP contribution < -0.4 is 5.32 Å². The Morgan fingerprint density at radius 1 is 0.941 bits per heavy atom. The van der Waals surface area contributed by atoms with Crippen molar-refractivity contribution in [3.05, 3.63) is 84.5 Å². The normalized spacial score (nSPS) is 11.3. The van der Waals surface area contributed by atoms with Crippen LogP contribution in [0.4, 0.5) is 5.82 Å². The summed E-state index contributed by atoms with van der Waals surface area (Å²) in [7, 11) is 2.01. The predicted molar refractivity (Wildman–Crippen MR) is 147 cm³/mol. The summed E-state index contributed by atoms with van der Waals surface area (Å²) in [4.78, 5) is 8.83. The second-order valence-electron chi connectivity index (χ2n) is 8.61. The molecular formula is C30H38N4. The third-order valence-electron chi connectivity index (χ3n) is 5.99. The number of rotatable bonds is 8. The third-order valence-corrected chi connectivity index (χ3v) is 5.99. The minimum absolute atomic E-state index is 0.838. The molecule has 0 aliphatic carbocycles. The Bertz CT molecular complexity index is 1220. The van der Waals surface area contributed by atoms with Gasteiger partial charge in [-0.05, 0) is 48.1 Å². The summed E-state index contributed by atoms with van der Waals surface area (Å²) in [6.45, 7) is 8.68. The fourth-order valence-corrected chi connectivity index (χ4v) is 3.91. The van der Waals surface area contributed by atoms with Crippen LogP contribution >= 0.6 is 0 Å². The van der Waals surface area contributed by atoms with Crippen molar-refractivity contribution in [1.82, 2.24) is 14.5 Å². The van der Waals surface area contributed by atoms with E-state index in [1.165, 1.54) is 36.8 Å². The highest BCUT2D eigenvalue weighted by Gasteiger charge is 2.07. The summed E-state index contributed by atoms with van der Waals surface area (Å²) in [6, 6.07) is 17.1. The maximum atomic E-state index is 4.60. The molecule has 0 unspecified atom stereocenters. The van der Waals surface area contributed by atoms with Gasteiger partial charge in [-0.3, -0.25) is 0 Å². The fourth-order valence-electron chi connectivity index (χ4n) is 3.91. The quantitative estimate of drug-likeness (QED) is 0.272. The number of unbranched alkanes of at least 4 members (excludes halogenated alkanes) is 3. The van der Waals surface area contributed by atoms with Gasteiger partial charge >= 0.3 is 0 Å². The lowest BCUT2D eigenvalue weighted by molar-refractivity contribution is 0.702. The zero-order valence-electron chi connectivity index (χ0n) is 21.3. The summed E-state index contributed by atoms with van der Waals surface area (Å²) in [6.07, 6.45) is 14.3. The topological polar surface area (TPSA) is 42.7 Å². The number of nitrogens with zero attached hydrogens (tertiary/aromatic N) is 3. The van der Waals surface area contributed by atoms with Gasteiger partial charge in [-0.25, -0.2) is 9.97 Å². The highest BCUT2D eigenvalue weighted by molar-refractivity contribution is 5.89. The van der Waals surface area contributed by atoms with Crippen LogP contribution in [0.15, 0.2) is 73.3 Å². The van der Waals surface area contributed by atoms with Gasteiger partial charge in [0.15, 0.2) is 0 Å². The number of allylic oxidation sites excluding steroid dienone is 1. The Balaban J connectivity index is 0.000000481. The molecule has 0 fully saturated rings. The molecule has 0 atom stereocenters. The highest BCUT2D eigenvalue weighted by atomic mass is 15.0. The number of pyridine rings is 1. The lowest BCUT2D eigenvalue weighted by atomic mass is 10.1. The van der Waals surface area contributed by atoms with Gasteiger partial charge in [0.05, 0.1) is 18.2 Å². The van der Waals surface area contributed by atoms with Crippen molar-refractivity contribution in [2.45, 2.75) is 59.8 Å². The van der Waals surface area contributed by atoms with Crippen LogP contribution in [0.5, 0.6) is 0 Å². The molecule has 0 bridgehead atoms. The maximum Gasteiger partial charge on any atom is 0.130 e. The van der Waals surface area contributed by atoms with E-state index in [0.717, 1.165) is 40.0 Å². The molecule has 4 aromatic rings. The summed E-state index contributed by atoms with van der Waals surface area (Å²) in [5.74, 6) is 0.838. The lowest BCUT2D eigenvalue weighted by Crippen LogP contribution is -2.01. The Labute approximate surface area is 204 Å². The van der Waals surface area contributed by atoms with Gasteiger partial charge in [-0.2, -0.15) is 0 Å². The maximum absolute atomic E-state index is 4.60. The molecule has 0 amide bonds. The van der Waals surface area contributed by atoms with Crippen LogP contribution in [0.3, 0.4) is 0 Å². The zero-order valence-corrected chi connectivity index (χ0v) is 21.3. The van der Waals surface area contributed by atoms with Crippen LogP contribution in [-0.2, 0) is 13.5 Å². The minimum atomic E-state index is 0.838. The van der Waals surface area contributed by atoms with E-state index in [1.54, 1.807) is 0 Å². The van der Waals surface area contributed by atoms with Crippen molar-refractivity contribution >= 4 is 22.3 Å². The van der Waals surface area contributed by atoms with E-state index >= 15 is 0 Å². The number of benzene rings is 2. The second-order valence-corrected chi connectivity index (χ2v) is 8.61. The van der Waals surface area contributed by atoms with Gasteiger partial charge < -0.3 is 9.88 Å². The van der Waals surface area contributed by atoms with Gasteiger partial charge in [-0.1, -0.05) is 82.9 Å². The zero-order chi connectivity index (χ0) is 24.3. The van der Waals surface area contributed by atoms with Gasteiger partial charge in [0, 0.05) is 29.9 Å². The summed E-state index contributed by atoms with van der Waals surface area (Å²) < 4.78 is 2.03. The van der Waals surface area contributed by atoms with Crippen LogP contribution in [0.1, 0.15) is 64.5 Å². The van der Waals surface area contributed by atoms with Crippen molar-refractivity contribution in [2.75, 3.05) is 5.32 Å². The lowest BCUT2D eigenvalue weighted by Gasteiger charge is -2.12. The molecule has 0 saturated heterocycles. The van der Waals surface area contributed by atoms with Crippen LogP contribution in [-0.4, -0.2) is 14.5 Å². The van der Waals surface area contributed by atoms with E-state index in [1.807, 2.05) is 37.3 Å². The first-order chi connectivity index (χ1) is 16.6. The molecule has 0 aliphatic heterocycles. The number of hydrogen-bond donors (Lipinski definition) is 1. The van der Waals surface area contributed by atoms with Gasteiger partial charge in [0.2, 0.25) is 0 Å². The van der Waals surface area contributed by atoms with Crippen LogP contribution in [0.25, 0.3) is 27.7 Å². The Morgan fingerprint density at radius 3 is 2.38 bits per heavy atom. The molecular weight excluding hydrogens is 416 g/mol. The van der Waals surface area contributed by atoms with Gasteiger partial charge in [-0.15, -0.1) is 0 Å². The molecule has 2 heterocycles. The molecule has 0 saturated carbocycles. The van der Waals surface area contributed by atoms with Crippen molar-refractivity contribution in [3.63, 3.8) is 0 Å². The van der Waals surface area contributed by atoms with Crippen LogP contribution in [0.2, 0.25) is 0 Å². The Hall–Kier alpha value is -3.40. The molecule has 0 spiro atoms. The number of fused-ring (bicyclic) bond motifs is 1. The molecule has 178 valence electrons. The largest absolute Gasteiger partial charge is 0.340 e. The average Bonchev–Trinajstić information content (AvgIpc) is 3.31. The number of aromatic nitrogens is 3. The first-order valence-corrected chi connectivity index (χ1v) is 12.5. The smallest absolute Gasteiger partial charge is 0.130 e. The molecule has 4 nitrogen and oxygen atoms in total. The van der Waals surface area contributed by atoms with Gasteiger partial charge in [0.1, 0.15) is 5.82 Å². The Kier molecular flexibility index (Phi) is 9.45. The van der Waals surface area contributed by atoms with Crippen LogP contribution in [0, 0.1) is 0 Å². The molecule has 0 radical (unpaired) electrons. The molecule has 2 aromatic carbocycles. The number of imidazole rings is 1. The molecule has 1 N–H and O–H groups in total. The molecule has 4 rings (SSSR count). The van der Waals surface area contributed by atoms with Crippen molar-refractivity contribution < 1.29 is 0 Å². The highest BCUT2D eigenvalue weighted by Crippen LogP contribution is 2.26. The first-order valence-electron chi connectivity index (χ1n) is 12.5. The monoisotopic (exact) mass is 454 g/mol. The predicted octanol–water partition coefficient (Wildman–Crippen LogP) is 8.26. The fraction of sp³-hybridized carbons (Fsp3) is 0.333. The number of hydrogen-bond acceptors (Lipinski definition) is 3. The molecule has 2 aromatic heterocycles. The standard InChI is InChI=1S/C24H24N4.C6H14/c1-4-17-7-6-8-18(11-17)22(5-2)27-24-13-21-12-19(9-10-20(21)14-26-24)23-15-25-16-28(23)3;1-3-5-6-4-2/h5-16H,4H2,1-3H3,(H,26,27);3-6H2,1-2H3/b22-5+;. The van der Waals surface area contributed by atoms with Crippen molar-refractivity contribution in [3.8, 4) is 11.3 Å². The minimum Gasteiger partial charge on any atom is -0.340 e. The summed E-state index contributed by atoms with van der Waals surface area (Å²) >= 11 is 0. The van der Waals surface area contributed by atoms with E-state index in [9.17, 15) is 0 Å². The molecule has 34 heavy (non-hydrogen) atoms. The second kappa shape index (κ2) is 12.7. The van der Waals surface area contributed by atoms with E-state index in [-0.39, 0.29) is 0 Å². The van der Waals surface area contributed by atoms with E-state index in [4.69, 9.17) is 0 Å². The number of aryl methyl sites for hydroxylation is 2. The average molecular weight is 455 g/mol. The third kappa shape index (κ3) is 6.57.